The van der Waals surface area contributed by atoms with Gasteiger partial charge in [0.15, 0.2) is 17.3 Å². The summed E-state index contributed by atoms with van der Waals surface area (Å²) in [5.74, 6) is 2.47. The maximum Gasteiger partial charge on any atom is 0.216 e. The van der Waals surface area contributed by atoms with E-state index in [0.717, 1.165) is 21.8 Å². The number of nitrogens with zero attached hydrogens (tertiary/aromatic N) is 3. The largest absolute Gasteiger partial charge is 0.493 e. The quantitative estimate of drug-likeness (QED) is 0.291. The Kier molecular flexibility index (Phi) is 5.71. The number of aromatic nitrogens is 3. The average molecular weight is 458 g/mol. The van der Waals surface area contributed by atoms with Crippen molar-refractivity contribution in [2.45, 2.75) is 6.92 Å². The molecule has 166 valence electrons. The Labute approximate surface area is 196 Å². The molecule has 0 fully saturated rings. The third kappa shape index (κ3) is 3.81. The molecule has 7 heteroatoms. The van der Waals surface area contributed by atoms with Crippen LogP contribution in [-0.4, -0.2) is 35.4 Å². The highest BCUT2D eigenvalue weighted by Crippen LogP contribution is 2.42. The minimum absolute atomic E-state index is 0.509. The molecule has 3 aromatic carbocycles. The van der Waals surface area contributed by atoms with E-state index < -0.39 is 0 Å². The Morgan fingerprint density at radius 2 is 1.42 bits per heavy atom. The van der Waals surface area contributed by atoms with Gasteiger partial charge in [0.2, 0.25) is 10.7 Å². The SMILES string of the molecule is CCOc1c(OC)cc(-c2nnc3scc(-c4ccc(-c5ccccc5)cc4)n23)cc1OC. The van der Waals surface area contributed by atoms with Crippen molar-refractivity contribution >= 4 is 16.3 Å². The maximum atomic E-state index is 5.74. The van der Waals surface area contributed by atoms with Gasteiger partial charge in [-0.25, -0.2) is 0 Å². The lowest BCUT2D eigenvalue weighted by Gasteiger charge is -2.15. The van der Waals surface area contributed by atoms with Crippen LogP contribution in [-0.2, 0) is 0 Å². The molecule has 33 heavy (non-hydrogen) atoms. The zero-order valence-electron chi connectivity index (χ0n) is 18.6. The lowest BCUT2D eigenvalue weighted by molar-refractivity contribution is 0.288. The van der Waals surface area contributed by atoms with E-state index in [2.05, 4.69) is 68.5 Å². The van der Waals surface area contributed by atoms with Crippen molar-refractivity contribution in [3.05, 3.63) is 72.1 Å². The zero-order valence-corrected chi connectivity index (χ0v) is 19.4. The molecule has 0 amide bonds. The first-order chi connectivity index (χ1) is 16.2. The lowest BCUT2D eigenvalue weighted by Crippen LogP contribution is -2.00. The molecule has 0 bridgehead atoms. The summed E-state index contributed by atoms with van der Waals surface area (Å²) in [6.07, 6.45) is 0. The van der Waals surface area contributed by atoms with E-state index in [0.29, 0.717) is 29.7 Å². The summed E-state index contributed by atoms with van der Waals surface area (Å²) >= 11 is 1.56. The van der Waals surface area contributed by atoms with Crippen LogP contribution in [0.3, 0.4) is 0 Å². The van der Waals surface area contributed by atoms with Gasteiger partial charge in [0.25, 0.3) is 0 Å². The maximum absolute atomic E-state index is 5.74. The van der Waals surface area contributed by atoms with Crippen LogP contribution in [0, 0.1) is 0 Å². The first-order valence-corrected chi connectivity index (χ1v) is 11.5. The van der Waals surface area contributed by atoms with Crippen LogP contribution in [0.5, 0.6) is 17.2 Å². The van der Waals surface area contributed by atoms with Crippen LogP contribution in [0.15, 0.2) is 72.1 Å². The molecule has 2 heterocycles. The van der Waals surface area contributed by atoms with Gasteiger partial charge in [-0.2, -0.15) is 0 Å². The van der Waals surface area contributed by atoms with Crippen LogP contribution in [0.2, 0.25) is 0 Å². The van der Waals surface area contributed by atoms with Crippen LogP contribution in [0.1, 0.15) is 6.92 Å². The van der Waals surface area contributed by atoms with Crippen molar-refractivity contribution in [3.8, 4) is 51.0 Å². The Bertz CT molecular complexity index is 1370. The number of rotatable bonds is 7. The third-order valence-electron chi connectivity index (χ3n) is 5.45. The Balaban J connectivity index is 1.60. The molecule has 0 radical (unpaired) electrons. The molecule has 5 rings (SSSR count). The van der Waals surface area contributed by atoms with Gasteiger partial charge in [0.1, 0.15) is 0 Å². The van der Waals surface area contributed by atoms with E-state index in [1.807, 2.05) is 25.1 Å². The summed E-state index contributed by atoms with van der Waals surface area (Å²) in [5.41, 5.74) is 5.32. The van der Waals surface area contributed by atoms with E-state index in [4.69, 9.17) is 14.2 Å². The van der Waals surface area contributed by atoms with Gasteiger partial charge in [0, 0.05) is 10.9 Å². The molecule has 0 spiro atoms. The molecule has 0 N–H and O–H groups in total. The first kappa shape index (κ1) is 21.0. The Hall–Kier alpha value is -3.84. The number of methoxy groups -OCH3 is 2. The fourth-order valence-corrected chi connectivity index (χ4v) is 4.71. The molecule has 0 aliphatic rings. The highest BCUT2D eigenvalue weighted by atomic mass is 32.1. The summed E-state index contributed by atoms with van der Waals surface area (Å²) in [6.45, 7) is 2.43. The highest BCUT2D eigenvalue weighted by molar-refractivity contribution is 7.15. The second-order valence-corrected chi connectivity index (χ2v) is 8.19. The van der Waals surface area contributed by atoms with Crippen molar-refractivity contribution < 1.29 is 14.2 Å². The van der Waals surface area contributed by atoms with Gasteiger partial charge in [0.05, 0.1) is 26.5 Å². The standard InChI is InChI=1S/C26H23N3O3S/c1-4-32-24-22(30-2)14-20(15-23(24)31-3)25-27-28-26-29(25)21(16-33-26)19-12-10-18(11-13-19)17-8-6-5-7-9-17/h5-16H,4H2,1-3H3. The van der Waals surface area contributed by atoms with Crippen LogP contribution in [0.4, 0.5) is 0 Å². The molecule has 0 aliphatic carbocycles. The fourth-order valence-electron chi connectivity index (χ4n) is 3.87. The highest BCUT2D eigenvalue weighted by Gasteiger charge is 2.20. The Morgan fingerprint density at radius 1 is 0.788 bits per heavy atom. The summed E-state index contributed by atoms with van der Waals surface area (Å²) in [5, 5.41) is 11.0. The van der Waals surface area contributed by atoms with Gasteiger partial charge >= 0.3 is 0 Å². The van der Waals surface area contributed by atoms with Crippen molar-refractivity contribution in [2.75, 3.05) is 20.8 Å². The Morgan fingerprint density at radius 3 is 2.06 bits per heavy atom. The topological polar surface area (TPSA) is 57.9 Å². The summed E-state index contributed by atoms with van der Waals surface area (Å²) in [7, 11) is 3.23. The predicted octanol–water partition coefficient (Wildman–Crippen LogP) is 6.21. The third-order valence-corrected chi connectivity index (χ3v) is 6.26. The zero-order chi connectivity index (χ0) is 22.8. The smallest absolute Gasteiger partial charge is 0.216 e. The monoisotopic (exact) mass is 457 g/mol. The number of fused-ring (bicyclic) bond motifs is 1. The number of thiazole rings is 1. The summed E-state index contributed by atoms with van der Waals surface area (Å²) in [6, 6.07) is 22.7. The van der Waals surface area contributed by atoms with Crippen molar-refractivity contribution in [1.29, 1.82) is 0 Å². The second-order valence-electron chi connectivity index (χ2n) is 7.35. The number of hydrogen-bond acceptors (Lipinski definition) is 6. The molecular formula is C26H23N3O3S. The minimum atomic E-state index is 0.509. The fraction of sp³-hybridized carbons (Fsp3) is 0.154. The molecular weight excluding hydrogens is 434 g/mol. The average Bonchev–Trinajstić information content (AvgIpc) is 3.47. The normalized spacial score (nSPS) is 11.0. The number of benzene rings is 3. The second kappa shape index (κ2) is 8.96. The first-order valence-electron chi connectivity index (χ1n) is 10.6. The summed E-state index contributed by atoms with van der Waals surface area (Å²) < 4.78 is 19.0. The van der Waals surface area contributed by atoms with E-state index >= 15 is 0 Å². The number of ether oxygens (including phenoxy) is 3. The molecule has 0 atom stereocenters. The minimum Gasteiger partial charge on any atom is -0.493 e. The van der Waals surface area contributed by atoms with Crippen LogP contribution in [0.25, 0.3) is 38.7 Å². The molecule has 2 aromatic heterocycles. The van der Waals surface area contributed by atoms with Crippen LogP contribution < -0.4 is 14.2 Å². The molecule has 6 nitrogen and oxygen atoms in total. The lowest BCUT2D eigenvalue weighted by atomic mass is 10.0. The van der Waals surface area contributed by atoms with Crippen molar-refractivity contribution in [3.63, 3.8) is 0 Å². The van der Waals surface area contributed by atoms with Gasteiger partial charge in [-0.05, 0) is 35.7 Å². The van der Waals surface area contributed by atoms with Gasteiger partial charge < -0.3 is 14.2 Å². The van der Waals surface area contributed by atoms with Crippen LogP contribution >= 0.6 is 11.3 Å². The summed E-state index contributed by atoms with van der Waals surface area (Å²) in [4.78, 5) is 0.818. The number of hydrogen-bond donors (Lipinski definition) is 0. The van der Waals surface area contributed by atoms with E-state index in [9.17, 15) is 0 Å². The molecule has 0 saturated carbocycles. The molecule has 5 aromatic rings. The van der Waals surface area contributed by atoms with E-state index in [-0.39, 0.29) is 0 Å². The van der Waals surface area contributed by atoms with Crippen molar-refractivity contribution in [2.24, 2.45) is 0 Å². The van der Waals surface area contributed by atoms with Gasteiger partial charge in [-0.3, -0.25) is 4.40 Å². The molecule has 0 unspecified atom stereocenters. The molecule has 0 saturated heterocycles. The van der Waals surface area contributed by atoms with Crippen molar-refractivity contribution in [1.82, 2.24) is 14.6 Å². The van der Waals surface area contributed by atoms with Gasteiger partial charge in [-0.15, -0.1) is 21.5 Å². The molecule has 0 aliphatic heterocycles. The predicted molar refractivity (Wildman–Crippen MR) is 131 cm³/mol. The van der Waals surface area contributed by atoms with E-state index in [1.165, 1.54) is 11.1 Å². The van der Waals surface area contributed by atoms with Gasteiger partial charge in [-0.1, -0.05) is 54.6 Å². The van der Waals surface area contributed by atoms with E-state index in [1.54, 1.807) is 25.6 Å².